The molecule has 3 N–H and O–H groups in total. The Morgan fingerprint density at radius 1 is 0.929 bits per heavy atom. The van der Waals surface area contributed by atoms with Gasteiger partial charge in [-0.3, -0.25) is 4.79 Å². The van der Waals surface area contributed by atoms with E-state index in [4.69, 9.17) is 0 Å². The number of aliphatic carboxylic acids is 1. The zero-order chi connectivity index (χ0) is 20.1. The number of carbonyl (C=O) groups is 2. The van der Waals surface area contributed by atoms with Gasteiger partial charge in [0, 0.05) is 12.0 Å². The van der Waals surface area contributed by atoms with E-state index in [9.17, 15) is 19.8 Å². The van der Waals surface area contributed by atoms with Crippen molar-refractivity contribution in [2.24, 2.45) is 0 Å². The lowest BCUT2D eigenvalue weighted by atomic mass is 10.0. The summed E-state index contributed by atoms with van der Waals surface area (Å²) in [6.45, 7) is 0. The highest BCUT2D eigenvalue weighted by Crippen LogP contribution is 2.24. The Hall–Kier alpha value is -3.12. The second-order valence-corrected chi connectivity index (χ2v) is 7.15. The van der Waals surface area contributed by atoms with Crippen LogP contribution in [0.2, 0.25) is 0 Å². The van der Waals surface area contributed by atoms with Crippen LogP contribution in [0.25, 0.3) is 11.1 Å². The Kier molecular flexibility index (Phi) is 6.11. The van der Waals surface area contributed by atoms with Crippen molar-refractivity contribution in [1.29, 1.82) is 0 Å². The van der Waals surface area contributed by atoms with Gasteiger partial charge in [0.1, 0.15) is 11.8 Å². The summed E-state index contributed by atoms with van der Waals surface area (Å²) >= 11 is 3.14. The molecule has 1 unspecified atom stereocenters. The predicted molar refractivity (Wildman–Crippen MR) is 110 cm³/mol. The molecule has 3 aromatic rings. The number of carbonyl (C=O) groups excluding carboxylic acids is 1. The number of hydrogen-bond acceptors (Lipinski definition) is 3. The van der Waals surface area contributed by atoms with Crippen LogP contribution in [0.4, 0.5) is 0 Å². The number of carboxylic acid groups (broad SMARTS) is 1. The molecule has 1 atom stereocenters. The summed E-state index contributed by atoms with van der Waals surface area (Å²) in [7, 11) is 0. The Balaban J connectivity index is 1.71. The highest BCUT2D eigenvalue weighted by atomic mass is 79.9. The van der Waals surface area contributed by atoms with Crippen LogP contribution in [-0.2, 0) is 11.2 Å². The normalized spacial score (nSPS) is 11.6. The molecule has 0 saturated heterocycles. The summed E-state index contributed by atoms with van der Waals surface area (Å²) in [6.07, 6.45) is 0.162. The molecule has 0 heterocycles. The van der Waals surface area contributed by atoms with Gasteiger partial charge in [0.25, 0.3) is 5.91 Å². The van der Waals surface area contributed by atoms with Crippen LogP contribution in [0.1, 0.15) is 15.9 Å². The molecule has 0 aliphatic heterocycles. The van der Waals surface area contributed by atoms with Gasteiger partial charge in [-0.05, 0) is 50.8 Å². The van der Waals surface area contributed by atoms with Crippen molar-refractivity contribution in [3.63, 3.8) is 0 Å². The molecule has 0 aromatic heterocycles. The molecule has 0 radical (unpaired) electrons. The minimum atomic E-state index is -1.11. The number of phenolic OH excluding ortho intramolecular Hbond substituents is 1. The molecule has 0 aliphatic carbocycles. The van der Waals surface area contributed by atoms with Gasteiger partial charge in [0.05, 0.1) is 4.47 Å². The standard InChI is InChI=1S/C22H18BrNO4/c23-18-13-17(10-11-20(18)25)21(26)24-19(22(27)28)12-14-6-8-16(9-7-14)15-4-2-1-3-5-15/h1-11,13,19,25H,12H2,(H,24,26)(H,27,28). The summed E-state index contributed by atoms with van der Waals surface area (Å²) < 4.78 is 0.364. The van der Waals surface area contributed by atoms with Crippen LogP contribution in [-0.4, -0.2) is 28.1 Å². The fourth-order valence-electron chi connectivity index (χ4n) is 2.79. The van der Waals surface area contributed by atoms with Crippen molar-refractivity contribution in [1.82, 2.24) is 5.32 Å². The molecular formula is C22H18BrNO4. The van der Waals surface area contributed by atoms with Crippen molar-refractivity contribution in [2.75, 3.05) is 0 Å². The van der Waals surface area contributed by atoms with E-state index in [0.29, 0.717) is 4.47 Å². The van der Waals surface area contributed by atoms with Crippen LogP contribution in [0.15, 0.2) is 77.3 Å². The van der Waals surface area contributed by atoms with Gasteiger partial charge in [0.2, 0.25) is 0 Å². The molecule has 5 nitrogen and oxygen atoms in total. The summed E-state index contributed by atoms with van der Waals surface area (Å²) in [5, 5.41) is 21.6. The monoisotopic (exact) mass is 439 g/mol. The third kappa shape index (κ3) is 4.78. The minimum Gasteiger partial charge on any atom is -0.507 e. The van der Waals surface area contributed by atoms with Gasteiger partial charge in [-0.25, -0.2) is 4.79 Å². The summed E-state index contributed by atoms with van der Waals surface area (Å²) in [4.78, 5) is 24.0. The molecule has 142 valence electrons. The number of phenols is 1. The smallest absolute Gasteiger partial charge is 0.326 e. The number of hydrogen-bond donors (Lipinski definition) is 3. The molecule has 28 heavy (non-hydrogen) atoms. The lowest BCUT2D eigenvalue weighted by Gasteiger charge is -2.15. The first-order valence-corrected chi connectivity index (χ1v) is 9.40. The van der Waals surface area contributed by atoms with Gasteiger partial charge in [-0.15, -0.1) is 0 Å². The Bertz CT molecular complexity index is 987. The second kappa shape index (κ2) is 8.71. The maximum Gasteiger partial charge on any atom is 0.326 e. The van der Waals surface area contributed by atoms with E-state index in [1.165, 1.54) is 18.2 Å². The van der Waals surface area contributed by atoms with Gasteiger partial charge >= 0.3 is 5.97 Å². The van der Waals surface area contributed by atoms with E-state index in [2.05, 4.69) is 21.2 Å². The van der Waals surface area contributed by atoms with Crippen LogP contribution >= 0.6 is 15.9 Å². The zero-order valence-electron chi connectivity index (χ0n) is 14.8. The van der Waals surface area contributed by atoms with E-state index in [1.807, 2.05) is 54.6 Å². The van der Waals surface area contributed by atoms with Crippen molar-refractivity contribution in [3.8, 4) is 16.9 Å². The Morgan fingerprint density at radius 3 is 2.18 bits per heavy atom. The lowest BCUT2D eigenvalue weighted by molar-refractivity contribution is -0.139. The zero-order valence-corrected chi connectivity index (χ0v) is 16.4. The van der Waals surface area contributed by atoms with Gasteiger partial charge in [-0.2, -0.15) is 0 Å². The molecule has 6 heteroatoms. The highest BCUT2D eigenvalue weighted by molar-refractivity contribution is 9.10. The first-order valence-electron chi connectivity index (χ1n) is 8.60. The summed E-state index contributed by atoms with van der Waals surface area (Å²) in [6, 6.07) is 20.7. The SMILES string of the molecule is O=C(NC(Cc1ccc(-c2ccccc2)cc1)C(=O)O)c1ccc(O)c(Br)c1. The van der Waals surface area contributed by atoms with Crippen molar-refractivity contribution >= 4 is 27.8 Å². The molecule has 1 amide bonds. The molecule has 3 rings (SSSR count). The number of rotatable bonds is 6. The number of amides is 1. The number of benzene rings is 3. The average molecular weight is 440 g/mol. The highest BCUT2D eigenvalue weighted by Gasteiger charge is 2.21. The van der Waals surface area contributed by atoms with E-state index >= 15 is 0 Å². The van der Waals surface area contributed by atoms with Crippen molar-refractivity contribution in [2.45, 2.75) is 12.5 Å². The van der Waals surface area contributed by atoms with Gasteiger partial charge in [-0.1, -0.05) is 54.6 Å². The number of aromatic hydroxyl groups is 1. The number of halogens is 1. The predicted octanol–water partition coefficient (Wildman–Crippen LogP) is 4.25. The summed E-state index contributed by atoms with van der Waals surface area (Å²) in [5.41, 5.74) is 3.18. The van der Waals surface area contributed by atoms with E-state index in [1.54, 1.807) is 0 Å². The Labute approximate surface area is 170 Å². The third-order valence-corrected chi connectivity index (χ3v) is 4.95. The quantitative estimate of drug-likeness (QED) is 0.535. The van der Waals surface area contributed by atoms with Crippen LogP contribution in [0.5, 0.6) is 5.75 Å². The average Bonchev–Trinajstić information content (AvgIpc) is 2.70. The Morgan fingerprint density at radius 2 is 1.57 bits per heavy atom. The minimum absolute atomic E-state index is 0.00448. The summed E-state index contributed by atoms with van der Waals surface area (Å²) in [5.74, 6) is -1.63. The molecule has 0 aliphatic rings. The topological polar surface area (TPSA) is 86.6 Å². The largest absolute Gasteiger partial charge is 0.507 e. The first kappa shape index (κ1) is 19.6. The van der Waals surface area contributed by atoms with E-state index in [0.717, 1.165) is 16.7 Å². The number of nitrogens with one attached hydrogen (secondary N) is 1. The van der Waals surface area contributed by atoms with E-state index < -0.39 is 17.9 Å². The van der Waals surface area contributed by atoms with Crippen LogP contribution < -0.4 is 5.32 Å². The molecule has 3 aromatic carbocycles. The van der Waals surface area contributed by atoms with Gasteiger partial charge < -0.3 is 15.5 Å². The molecule has 0 saturated carbocycles. The molecule has 0 spiro atoms. The fraction of sp³-hybridized carbons (Fsp3) is 0.0909. The molecule has 0 fully saturated rings. The van der Waals surface area contributed by atoms with Crippen molar-refractivity contribution in [3.05, 3.63) is 88.4 Å². The van der Waals surface area contributed by atoms with E-state index in [-0.39, 0.29) is 17.7 Å². The van der Waals surface area contributed by atoms with Crippen molar-refractivity contribution < 1.29 is 19.8 Å². The fourth-order valence-corrected chi connectivity index (χ4v) is 3.17. The van der Waals surface area contributed by atoms with Gasteiger partial charge in [0.15, 0.2) is 0 Å². The first-order chi connectivity index (χ1) is 13.4. The molecule has 0 bridgehead atoms. The maximum absolute atomic E-state index is 12.4. The lowest BCUT2D eigenvalue weighted by Crippen LogP contribution is -2.42. The third-order valence-electron chi connectivity index (χ3n) is 4.31. The molecular weight excluding hydrogens is 422 g/mol. The maximum atomic E-state index is 12.4. The van der Waals surface area contributed by atoms with Crippen LogP contribution in [0, 0.1) is 0 Å². The second-order valence-electron chi connectivity index (χ2n) is 6.30. The van der Waals surface area contributed by atoms with Crippen LogP contribution in [0.3, 0.4) is 0 Å². The number of carboxylic acids is 1.